The topological polar surface area (TPSA) is 39.2 Å². The zero-order valence-corrected chi connectivity index (χ0v) is 12.1. The zero-order valence-electron chi connectivity index (χ0n) is 12.1. The molecule has 1 aromatic rings. The lowest BCUT2D eigenvalue weighted by Gasteiger charge is -2.21. The van der Waals surface area contributed by atoms with Gasteiger partial charge >= 0.3 is 5.97 Å². The Balaban J connectivity index is 2.85. The summed E-state index contributed by atoms with van der Waals surface area (Å²) in [5.41, 5.74) is 0.703. The van der Waals surface area contributed by atoms with Crippen LogP contribution in [-0.4, -0.2) is 17.6 Å². The molecule has 0 aromatic carbocycles. The highest BCUT2D eigenvalue weighted by molar-refractivity contribution is 5.77. The summed E-state index contributed by atoms with van der Waals surface area (Å²) >= 11 is 0. The molecule has 0 saturated heterocycles. The number of nitrogens with zero attached hydrogens (tertiary/aromatic N) is 1. The number of carbonyl (C=O) groups is 1. The first-order valence-corrected chi connectivity index (χ1v) is 6.61. The number of hydrogen-bond donors (Lipinski definition) is 0. The van der Waals surface area contributed by atoms with Crippen LogP contribution in [-0.2, 0) is 9.53 Å². The molecule has 0 radical (unpaired) electrons. The number of halogens is 1. The van der Waals surface area contributed by atoms with Crippen molar-refractivity contribution >= 4 is 5.97 Å². The minimum absolute atomic E-state index is 0.130. The summed E-state index contributed by atoms with van der Waals surface area (Å²) in [6, 6.07) is 2.88. The quantitative estimate of drug-likeness (QED) is 0.764. The molecule has 0 N–H and O–H groups in total. The number of carbonyl (C=O) groups excluding carboxylic acids is 1. The van der Waals surface area contributed by atoms with E-state index in [9.17, 15) is 9.18 Å². The highest BCUT2D eigenvalue weighted by Gasteiger charge is 2.25. The molecule has 0 aliphatic rings. The van der Waals surface area contributed by atoms with E-state index in [1.54, 1.807) is 13.0 Å². The maximum absolute atomic E-state index is 12.9. The first-order valence-electron chi connectivity index (χ1n) is 6.61. The fourth-order valence-corrected chi connectivity index (χ4v) is 1.80. The van der Waals surface area contributed by atoms with Gasteiger partial charge in [0.15, 0.2) is 0 Å². The van der Waals surface area contributed by atoms with Gasteiger partial charge in [-0.15, -0.1) is 0 Å². The van der Waals surface area contributed by atoms with E-state index in [4.69, 9.17) is 4.74 Å². The Morgan fingerprint density at radius 1 is 1.42 bits per heavy atom. The largest absolute Gasteiger partial charge is 0.465 e. The SMILES string of the molecule is CCOC(=O)C(CCC(C)(C)C)c1ccc(F)cn1. The Morgan fingerprint density at radius 2 is 2.11 bits per heavy atom. The van der Waals surface area contributed by atoms with Gasteiger partial charge in [-0.3, -0.25) is 9.78 Å². The first-order chi connectivity index (χ1) is 8.83. The average Bonchev–Trinajstić information content (AvgIpc) is 2.30. The van der Waals surface area contributed by atoms with Gasteiger partial charge in [0.05, 0.1) is 24.4 Å². The standard InChI is InChI=1S/C15H22FNO2/c1-5-19-14(18)12(8-9-15(2,3)4)13-7-6-11(16)10-17-13/h6-7,10,12H,5,8-9H2,1-4H3. The van der Waals surface area contributed by atoms with Gasteiger partial charge < -0.3 is 4.74 Å². The van der Waals surface area contributed by atoms with E-state index in [0.29, 0.717) is 18.7 Å². The molecule has 3 nitrogen and oxygen atoms in total. The smallest absolute Gasteiger partial charge is 0.315 e. The molecule has 1 aromatic heterocycles. The third-order valence-electron chi connectivity index (χ3n) is 2.86. The zero-order chi connectivity index (χ0) is 14.5. The van der Waals surface area contributed by atoms with Crippen molar-refractivity contribution in [2.45, 2.75) is 46.5 Å². The number of pyridine rings is 1. The summed E-state index contributed by atoms with van der Waals surface area (Å²) in [5, 5.41) is 0. The summed E-state index contributed by atoms with van der Waals surface area (Å²) in [6.07, 6.45) is 2.66. The minimum atomic E-state index is -0.417. The summed E-state index contributed by atoms with van der Waals surface area (Å²) in [7, 11) is 0. The van der Waals surface area contributed by atoms with Crippen LogP contribution in [0.25, 0.3) is 0 Å². The predicted octanol–water partition coefficient (Wildman–Crippen LogP) is 3.69. The Morgan fingerprint density at radius 3 is 2.58 bits per heavy atom. The van der Waals surface area contributed by atoms with Crippen LogP contribution in [0, 0.1) is 11.2 Å². The fraction of sp³-hybridized carbons (Fsp3) is 0.600. The second-order valence-electron chi connectivity index (χ2n) is 5.81. The van der Waals surface area contributed by atoms with Crippen molar-refractivity contribution in [2.75, 3.05) is 6.61 Å². The fourth-order valence-electron chi connectivity index (χ4n) is 1.80. The van der Waals surface area contributed by atoms with Gasteiger partial charge in [0, 0.05) is 0 Å². The van der Waals surface area contributed by atoms with Crippen molar-refractivity contribution in [3.05, 3.63) is 29.8 Å². The van der Waals surface area contributed by atoms with E-state index < -0.39 is 11.7 Å². The molecule has 0 bridgehead atoms. The monoisotopic (exact) mass is 267 g/mol. The van der Waals surface area contributed by atoms with Crippen molar-refractivity contribution in [3.8, 4) is 0 Å². The molecule has 0 fully saturated rings. The van der Waals surface area contributed by atoms with Crippen LogP contribution < -0.4 is 0 Å². The van der Waals surface area contributed by atoms with Gasteiger partial charge in [0.25, 0.3) is 0 Å². The van der Waals surface area contributed by atoms with E-state index in [2.05, 4.69) is 25.8 Å². The van der Waals surface area contributed by atoms with Crippen LogP contribution in [0.2, 0.25) is 0 Å². The number of esters is 1. The molecule has 0 spiro atoms. The lowest BCUT2D eigenvalue weighted by molar-refractivity contribution is -0.145. The molecule has 1 rings (SSSR count). The Labute approximate surface area is 114 Å². The molecule has 0 aliphatic carbocycles. The highest BCUT2D eigenvalue weighted by Crippen LogP contribution is 2.29. The van der Waals surface area contributed by atoms with Gasteiger partial charge in [-0.05, 0) is 37.3 Å². The van der Waals surface area contributed by atoms with Crippen molar-refractivity contribution in [3.63, 3.8) is 0 Å². The molecule has 1 unspecified atom stereocenters. The Kier molecular flexibility index (Phi) is 5.45. The maximum atomic E-state index is 12.9. The van der Waals surface area contributed by atoms with Crippen molar-refractivity contribution in [2.24, 2.45) is 5.41 Å². The van der Waals surface area contributed by atoms with E-state index in [1.807, 2.05) is 0 Å². The van der Waals surface area contributed by atoms with Crippen molar-refractivity contribution in [1.29, 1.82) is 0 Å². The third-order valence-corrected chi connectivity index (χ3v) is 2.86. The molecule has 0 aliphatic heterocycles. The van der Waals surface area contributed by atoms with Crippen LogP contribution in [0.4, 0.5) is 4.39 Å². The Bertz CT molecular complexity index is 409. The number of aromatic nitrogens is 1. The van der Waals surface area contributed by atoms with Crippen LogP contribution in [0.3, 0.4) is 0 Å². The van der Waals surface area contributed by atoms with Crippen LogP contribution >= 0.6 is 0 Å². The highest BCUT2D eigenvalue weighted by atomic mass is 19.1. The van der Waals surface area contributed by atoms with Gasteiger partial charge in [-0.1, -0.05) is 20.8 Å². The molecular weight excluding hydrogens is 245 g/mol. The minimum Gasteiger partial charge on any atom is -0.465 e. The lowest BCUT2D eigenvalue weighted by Crippen LogP contribution is -2.19. The average molecular weight is 267 g/mol. The second-order valence-corrected chi connectivity index (χ2v) is 5.81. The summed E-state index contributed by atoms with van der Waals surface area (Å²) < 4.78 is 18.0. The van der Waals surface area contributed by atoms with Crippen LogP contribution in [0.15, 0.2) is 18.3 Å². The van der Waals surface area contributed by atoms with E-state index >= 15 is 0 Å². The van der Waals surface area contributed by atoms with Gasteiger partial charge in [0.2, 0.25) is 0 Å². The molecule has 1 heterocycles. The predicted molar refractivity (Wildman–Crippen MR) is 72.3 cm³/mol. The summed E-state index contributed by atoms with van der Waals surface area (Å²) in [5.74, 6) is -1.10. The molecular formula is C15H22FNO2. The van der Waals surface area contributed by atoms with Crippen LogP contribution in [0.1, 0.15) is 52.1 Å². The van der Waals surface area contributed by atoms with Crippen molar-refractivity contribution in [1.82, 2.24) is 4.98 Å². The third kappa shape index (κ3) is 5.37. The molecule has 106 valence electrons. The Hall–Kier alpha value is -1.45. The van der Waals surface area contributed by atoms with Crippen LogP contribution in [0.5, 0.6) is 0 Å². The number of rotatable bonds is 5. The number of hydrogen-bond acceptors (Lipinski definition) is 3. The van der Waals surface area contributed by atoms with E-state index in [0.717, 1.165) is 12.6 Å². The van der Waals surface area contributed by atoms with E-state index in [-0.39, 0.29) is 11.4 Å². The summed E-state index contributed by atoms with van der Waals surface area (Å²) in [4.78, 5) is 16.0. The van der Waals surface area contributed by atoms with Crippen molar-refractivity contribution < 1.29 is 13.9 Å². The van der Waals surface area contributed by atoms with Gasteiger partial charge in [-0.25, -0.2) is 4.39 Å². The molecule has 19 heavy (non-hydrogen) atoms. The lowest BCUT2D eigenvalue weighted by atomic mass is 9.85. The normalized spacial score (nSPS) is 13.1. The molecule has 4 heteroatoms. The van der Waals surface area contributed by atoms with Gasteiger partial charge in [-0.2, -0.15) is 0 Å². The summed E-state index contributed by atoms with van der Waals surface area (Å²) in [6.45, 7) is 8.47. The maximum Gasteiger partial charge on any atom is 0.315 e. The first kappa shape index (κ1) is 15.6. The van der Waals surface area contributed by atoms with E-state index in [1.165, 1.54) is 6.07 Å². The molecule has 1 atom stereocenters. The molecule has 0 amide bonds. The number of ether oxygens (including phenoxy) is 1. The van der Waals surface area contributed by atoms with Gasteiger partial charge in [0.1, 0.15) is 5.82 Å². The second kappa shape index (κ2) is 6.64. The molecule has 0 saturated carbocycles.